The molecule has 8 heteroatoms. The van der Waals surface area contributed by atoms with Crippen molar-refractivity contribution in [3.05, 3.63) is 257 Å². The van der Waals surface area contributed by atoms with Gasteiger partial charge in [-0.25, -0.2) is 19.2 Å². The maximum Gasteiger partial charge on any atom is 0.343 e. The summed E-state index contributed by atoms with van der Waals surface area (Å²) in [7, 11) is 0. The highest BCUT2D eigenvalue weighted by atomic mass is 16.5. The predicted molar refractivity (Wildman–Crippen MR) is 300 cm³/mol. The third-order valence-corrected chi connectivity index (χ3v) is 13.8. The molecule has 0 heterocycles. The molecule has 8 aromatic carbocycles. The van der Waals surface area contributed by atoms with Crippen LogP contribution in [0.25, 0.3) is 0 Å². The fraction of sp³-hybridized carbons (Fsp3) is 0.130. The highest BCUT2D eigenvalue weighted by molar-refractivity contribution is 5.95. The maximum absolute atomic E-state index is 13.7. The van der Waals surface area contributed by atoms with Crippen molar-refractivity contribution in [2.45, 2.75) is 60.8 Å². The van der Waals surface area contributed by atoms with E-state index in [0.717, 1.165) is 22.3 Å². The molecule has 376 valence electrons. The molecule has 0 aromatic heterocycles. The molecule has 8 aromatic rings. The maximum atomic E-state index is 13.7. The minimum atomic E-state index is -1.22. The molecule has 8 nitrogen and oxygen atoms in total. The normalized spacial score (nSPS) is 10.8. The number of carbonyl (C=O) groups is 4. The number of rotatable bonds is 12. The van der Waals surface area contributed by atoms with E-state index in [1.54, 1.807) is 125 Å². The second kappa shape index (κ2) is 22.2. The summed E-state index contributed by atoms with van der Waals surface area (Å²) in [5.41, 5.74) is 11.6. The molecule has 0 fully saturated rings. The van der Waals surface area contributed by atoms with Gasteiger partial charge in [0.1, 0.15) is 23.0 Å². The van der Waals surface area contributed by atoms with Gasteiger partial charge in [-0.2, -0.15) is 0 Å². The zero-order valence-electron chi connectivity index (χ0n) is 43.9. The van der Waals surface area contributed by atoms with Gasteiger partial charge in [-0.15, -0.1) is 25.7 Å². The van der Waals surface area contributed by atoms with Crippen LogP contribution in [0.3, 0.4) is 0 Å². The quantitative estimate of drug-likeness (QED) is 0.0516. The van der Waals surface area contributed by atoms with E-state index in [4.69, 9.17) is 44.6 Å². The van der Waals surface area contributed by atoms with Gasteiger partial charge in [0.05, 0.1) is 27.7 Å². The van der Waals surface area contributed by atoms with Crippen molar-refractivity contribution in [3.63, 3.8) is 0 Å². The summed E-state index contributed by atoms with van der Waals surface area (Å²) in [6.07, 6.45) is 22.8. The van der Waals surface area contributed by atoms with E-state index in [0.29, 0.717) is 89.0 Å². The van der Waals surface area contributed by atoms with Crippen molar-refractivity contribution < 1.29 is 38.1 Å². The van der Waals surface area contributed by atoms with Crippen LogP contribution in [-0.4, -0.2) is 23.9 Å². The zero-order chi connectivity index (χ0) is 55.3. The van der Waals surface area contributed by atoms with Gasteiger partial charge in [0.15, 0.2) is 0 Å². The summed E-state index contributed by atoms with van der Waals surface area (Å²) in [6.45, 7) is 14.6. The summed E-state index contributed by atoms with van der Waals surface area (Å²) >= 11 is 0. The number of aryl methyl sites for hydroxylation is 8. The van der Waals surface area contributed by atoms with Crippen molar-refractivity contribution in [1.29, 1.82) is 0 Å². The Balaban J connectivity index is 1.25. The largest absolute Gasteiger partial charge is 0.423 e. The number of benzene rings is 8. The first-order valence-corrected chi connectivity index (χ1v) is 24.5. The lowest BCUT2D eigenvalue weighted by atomic mass is 9.65. The van der Waals surface area contributed by atoms with E-state index < -0.39 is 29.3 Å². The van der Waals surface area contributed by atoms with E-state index in [-0.39, 0.29) is 23.0 Å². The number of carbonyl (C=O) groups excluding carboxylic acids is 4. The first kappa shape index (κ1) is 53.2. The molecule has 0 unspecified atom stereocenters. The molecule has 0 saturated heterocycles. The molecule has 0 N–H and O–H groups in total. The summed E-state index contributed by atoms with van der Waals surface area (Å²) in [5.74, 6) is 9.51. The molecule has 0 radical (unpaired) electrons. The van der Waals surface area contributed by atoms with Crippen LogP contribution < -0.4 is 18.9 Å². The van der Waals surface area contributed by atoms with Crippen LogP contribution in [0.15, 0.2) is 146 Å². The minimum absolute atomic E-state index is 0.278. The average molecular weight is 1010 g/mol. The van der Waals surface area contributed by atoms with Gasteiger partial charge in [-0.3, -0.25) is 0 Å². The minimum Gasteiger partial charge on any atom is -0.423 e. The van der Waals surface area contributed by atoms with Crippen LogP contribution in [0, 0.1) is 105 Å². The van der Waals surface area contributed by atoms with E-state index in [2.05, 4.69) is 23.7 Å². The van der Waals surface area contributed by atoms with Crippen LogP contribution >= 0.6 is 0 Å². The lowest BCUT2D eigenvalue weighted by Crippen LogP contribution is -2.31. The monoisotopic (exact) mass is 1010 g/mol. The van der Waals surface area contributed by atoms with Crippen LogP contribution in [0.5, 0.6) is 23.0 Å². The van der Waals surface area contributed by atoms with Crippen molar-refractivity contribution in [3.8, 4) is 72.4 Å². The molecule has 0 bridgehead atoms. The van der Waals surface area contributed by atoms with E-state index >= 15 is 0 Å². The molecular formula is C69H52O8. The van der Waals surface area contributed by atoms with Gasteiger partial charge in [-0.1, -0.05) is 72.2 Å². The molecular weight excluding hydrogens is 957 g/mol. The van der Waals surface area contributed by atoms with Crippen LogP contribution in [0.1, 0.15) is 130 Å². The standard InChI is InChI=1S/C69H52O8/c1-13-49-33-45(9)61(37-41(49)5)65(70)74-57-25-17-53(18-26-57)69(54-19-27-58(28-20-54)75-66(71)62-38-42(6)50(14-2)34-46(62)10,55-21-29-59(30-22-55)76-67(72)63-39-43(7)51(15-3)35-47(63)11)56-23-31-60(32-24-56)77-68(73)64-40-44(8)52(16-4)36-48(64)12/h1-4,17-40H,5-12H3. The van der Waals surface area contributed by atoms with Gasteiger partial charge >= 0.3 is 23.9 Å². The number of esters is 4. The molecule has 0 aliphatic heterocycles. The summed E-state index contributed by atoms with van der Waals surface area (Å²) in [4.78, 5) is 54.9. The molecule has 0 saturated carbocycles. The number of terminal acetylenes is 4. The third kappa shape index (κ3) is 10.8. The van der Waals surface area contributed by atoms with Crippen LogP contribution in [0.2, 0.25) is 0 Å². The Morgan fingerprint density at radius 3 is 0.649 bits per heavy atom. The van der Waals surface area contributed by atoms with E-state index in [1.165, 1.54) is 0 Å². The van der Waals surface area contributed by atoms with Gasteiger partial charge < -0.3 is 18.9 Å². The Kier molecular flexibility index (Phi) is 15.3. The number of hydrogen-bond acceptors (Lipinski definition) is 8. The Hall–Kier alpha value is -10.1. The zero-order valence-corrected chi connectivity index (χ0v) is 43.9. The molecule has 0 spiro atoms. The fourth-order valence-electron chi connectivity index (χ4n) is 9.51. The van der Waals surface area contributed by atoms with Crippen LogP contribution in [0.4, 0.5) is 0 Å². The SMILES string of the molecule is C#Cc1cc(C)c(C(=O)Oc2ccc(C(c3ccc(OC(=O)c4cc(C)c(C#C)cc4C)cc3)(c3ccc(OC(=O)c4cc(C)c(C#C)cc4C)cc3)c3ccc(OC(=O)c4cc(C)c(C#C)cc4C)cc3)cc2)cc1C. The van der Waals surface area contributed by atoms with Crippen molar-refractivity contribution in [1.82, 2.24) is 0 Å². The van der Waals surface area contributed by atoms with E-state index in [9.17, 15) is 19.2 Å². The van der Waals surface area contributed by atoms with Crippen molar-refractivity contribution >= 4 is 23.9 Å². The highest BCUT2D eigenvalue weighted by Gasteiger charge is 2.39. The topological polar surface area (TPSA) is 105 Å². The fourth-order valence-corrected chi connectivity index (χ4v) is 9.51. The predicted octanol–water partition coefficient (Wildman–Crippen LogP) is 13.3. The van der Waals surface area contributed by atoms with Gasteiger partial charge in [-0.05, 0) is 219 Å². The molecule has 8 rings (SSSR count). The molecule has 77 heavy (non-hydrogen) atoms. The second-order valence-electron chi connectivity index (χ2n) is 18.9. The van der Waals surface area contributed by atoms with Crippen LogP contribution in [-0.2, 0) is 5.41 Å². The molecule has 0 amide bonds. The molecule has 0 atom stereocenters. The third-order valence-electron chi connectivity index (χ3n) is 13.8. The summed E-state index contributed by atoms with van der Waals surface area (Å²) in [5, 5.41) is 0. The van der Waals surface area contributed by atoms with Crippen molar-refractivity contribution in [2.75, 3.05) is 0 Å². The van der Waals surface area contributed by atoms with Gasteiger partial charge in [0.25, 0.3) is 0 Å². The summed E-state index contributed by atoms with van der Waals surface area (Å²) in [6, 6.07) is 42.6. The molecule has 0 aliphatic rings. The smallest absolute Gasteiger partial charge is 0.343 e. The average Bonchev–Trinajstić information content (AvgIpc) is 3.42. The first-order valence-electron chi connectivity index (χ1n) is 24.5. The Morgan fingerprint density at radius 2 is 0.481 bits per heavy atom. The summed E-state index contributed by atoms with van der Waals surface area (Å²) < 4.78 is 23.9. The molecule has 0 aliphatic carbocycles. The van der Waals surface area contributed by atoms with E-state index in [1.807, 2.05) is 76.2 Å². The Labute approximate surface area is 450 Å². The Morgan fingerprint density at radius 1 is 0.299 bits per heavy atom. The first-order chi connectivity index (χ1) is 36.9. The lowest BCUT2D eigenvalue weighted by Gasteiger charge is -2.37. The Bertz CT molecular complexity index is 3350. The number of ether oxygens (including phenoxy) is 4. The van der Waals surface area contributed by atoms with Gasteiger partial charge in [0.2, 0.25) is 0 Å². The van der Waals surface area contributed by atoms with Gasteiger partial charge in [0, 0.05) is 22.3 Å². The lowest BCUT2D eigenvalue weighted by molar-refractivity contribution is 0.0724. The number of hydrogen-bond donors (Lipinski definition) is 0. The highest BCUT2D eigenvalue weighted by Crippen LogP contribution is 2.47. The second-order valence-corrected chi connectivity index (χ2v) is 18.9. The van der Waals surface area contributed by atoms with Crippen molar-refractivity contribution in [2.24, 2.45) is 0 Å².